The first kappa shape index (κ1) is 20.8. The average molecular weight is 500 g/mol. The van der Waals surface area contributed by atoms with E-state index in [1.54, 1.807) is 24.3 Å². The van der Waals surface area contributed by atoms with E-state index in [4.69, 9.17) is 4.74 Å². The van der Waals surface area contributed by atoms with Crippen LogP contribution in [0.1, 0.15) is 24.3 Å². The maximum absolute atomic E-state index is 13.1. The molecule has 0 spiro atoms. The molecule has 2 N–H and O–H groups in total. The van der Waals surface area contributed by atoms with Crippen molar-refractivity contribution < 1.29 is 34.2 Å². The highest BCUT2D eigenvalue weighted by Crippen LogP contribution is 2.56. The van der Waals surface area contributed by atoms with E-state index in [-0.39, 0.29) is 56.6 Å². The lowest BCUT2D eigenvalue weighted by atomic mass is 9.59. The zero-order chi connectivity index (χ0) is 22.9. The number of hydrogen-bond acceptors (Lipinski definition) is 7. The summed E-state index contributed by atoms with van der Waals surface area (Å²) in [6.07, 6.45) is 3.32. The minimum atomic E-state index is -0.843. The van der Waals surface area contributed by atoms with Crippen molar-refractivity contribution >= 4 is 39.3 Å². The number of phenolic OH excluding ortho intramolecular Hbond substituents is 1. The number of allylic oxidation sites excluding steroid dienone is 6. The van der Waals surface area contributed by atoms with E-state index in [0.717, 1.165) is 0 Å². The van der Waals surface area contributed by atoms with E-state index < -0.39 is 35.5 Å². The smallest absolute Gasteiger partial charge is 0.257 e. The second kappa shape index (κ2) is 7.25. The highest BCUT2D eigenvalue weighted by molar-refractivity contribution is 9.12. The Kier molecular flexibility index (Phi) is 4.72. The Labute approximate surface area is 190 Å². The Morgan fingerprint density at radius 3 is 2.59 bits per heavy atom. The van der Waals surface area contributed by atoms with Crippen LogP contribution in [-0.2, 0) is 19.2 Å². The molecule has 4 atom stereocenters. The summed E-state index contributed by atoms with van der Waals surface area (Å²) in [4.78, 5) is 51.2. The molecule has 2 amide bonds. The first-order valence-corrected chi connectivity index (χ1v) is 10.9. The fraction of sp³-hybridized carbons (Fsp3) is 0.304. The summed E-state index contributed by atoms with van der Waals surface area (Å²) in [5.74, 6) is -5.00. The number of hydrogen-bond donors (Lipinski definition) is 2. The number of fused-ring (bicyclic) bond motifs is 3. The number of hydroxylamine groups is 2. The zero-order valence-corrected chi connectivity index (χ0v) is 18.5. The van der Waals surface area contributed by atoms with E-state index in [0.29, 0.717) is 11.1 Å². The van der Waals surface area contributed by atoms with Crippen molar-refractivity contribution in [2.75, 3.05) is 7.11 Å². The lowest BCUT2D eigenvalue weighted by Crippen LogP contribution is -2.39. The van der Waals surface area contributed by atoms with Gasteiger partial charge in [-0.05, 0) is 40.8 Å². The molecule has 0 radical (unpaired) electrons. The molecule has 8 nitrogen and oxygen atoms in total. The Morgan fingerprint density at radius 1 is 1.12 bits per heavy atom. The van der Waals surface area contributed by atoms with Gasteiger partial charge >= 0.3 is 0 Å². The number of methoxy groups -OCH3 is 1. The van der Waals surface area contributed by atoms with Crippen LogP contribution in [0.4, 0.5) is 0 Å². The number of benzene rings is 1. The quantitative estimate of drug-likeness (QED) is 0.277. The van der Waals surface area contributed by atoms with E-state index in [9.17, 15) is 29.5 Å². The molecule has 0 saturated carbocycles. The monoisotopic (exact) mass is 499 g/mol. The lowest BCUT2D eigenvalue weighted by Gasteiger charge is -2.42. The van der Waals surface area contributed by atoms with E-state index in [1.807, 2.05) is 0 Å². The van der Waals surface area contributed by atoms with Gasteiger partial charge in [-0.25, -0.2) is 0 Å². The standard InChI is InChI=1S/C23H18BrNO7/c1-32-16-4-2-3-10(21(16)28)17-9-5-6-11-18(23(30)25(31)22(11)29)12(9)7-13-19(17)15(26)8-14(24)20(13)27/h2-5,8,11-12,17-18,28,31H,6-7H2,1H3. The number of carbonyl (C=O) groups excluding carboxylic acids is 4. The molecule has 0 aromatic heterocycles. The van der Waals surface area contributed by atoms with Crippen LogP contribution < -0.4 is 4.74 Å². The van der Waals surface area contributed by atoms with Gasteiger partial charge in [0.1, 0.15) is 0 Å². The van der Waals surface area contributed by atoms with Crippen LogP contribution in [0.2, 0.25) is 0 Å². The molecule has 3 aliphatic carbocycles. The van der Waals surface area contributed by atoms with Gasteiger partial charge in [0.2, 0.25) is 0 Å². The Morgan fingerprint density at radius 2 is 1.88 bits per heavy atom. The number of aromatic hydroxyl groups is 1. The first-order chi connectivity index (χ1) is 15.3. The number of ketones is 2. The summed E-state index contributed by atoms with van der Waals surface area (Å²) in [6.45, 7) is 0. The third kappa shape index (κ3) is 2.70. The van der Waals surface area contributed by atoms with Gasteiger partial charge in [-0.15, -0.1) is 0 Å². The molecule has 1 fully saturated rings. The van der Waals surface area contributed by atoms with Crippen molar-refractivity contribution in [3.05, 3.63) is 57.1 Å². The van der Waals surface area contributed by atoms with Gasteiger partial charge in [0, 0.05) is 28.7 Å². The maximum Gasteiger partial charge on any atom is 0.257 e. The molecule has 5 rings (SSSR count). The van der Waals surface area contributed by atoms with Crippen molar-refractivity contribution in [2.45, 2.75) is 18.8 Å². The van der Waals surface area contributed by atoms with Gasteiger partial charge < -0.3 is 9.84 Å². The topological polar surface area (TPSA) is 121 Å². The number of phenols is 1. The molecular weight excluding hydrogens is 482 g/mol. The second-order valence-corrected chi connectivity index (χ2v) is 9.13. The number of carbonyl (C=O) groups is 4. The van der Waals surface area contributed by atoms with Crippen LogP contribution in [0.5, 0.6) is 11.5 Å². The molecule has 1 aromatic carbocycles. The molecule has 32 heavy (non-hydrogen) atoms. The van der Waals surface area contributed by atoms with Crippen LogP contribution >= 0.6 is 15.9 Å². The molecule has 1 saturated heterocycles. The van der Waals surface area contributed by atoms with Gasteiger partial charge in [0.25, 0.3) is 11.8 Å². The lowest BCUT2D eigenvalue weighted by molar-refractivity contribution is -0.173. The predicted octanol–water partition coefficient (Wildman–Crippen LogP) is 2.55. The van der Waals surface area contributed by atoms with Crippen molar-refractivity contribution in [3.63, 3.8) is 0 Å². The summed E-state index contributed by atoms with van der Waals surface area (Å²) in [6, 6.07) is 4.89. The second-order valence-electron chi connectivity index (χ2n) is 8.28. The first-order valence-electron chi connectivity index (χ1n) is 10.1. The molecule has 1 aliphatic heterocycles. The molecule has 4 aliphatic rings. The summed E-state index contributed by atoms with van der Waals surface area (Å²) in [7, 11) is 1.41. The molecule has 0 bridgehead atoms. The SMILES string of the molecule is COc1cccc(C2C3=CCC4C(=O)N(O)C(=O)C4C3CC3=C2C(=O)C=C(Br)C3=O)c1O. The van der Waals surface area contributed by atoms with E-state index in [1.165, 1.54) is 13.2 Å². The van der Waals surface area contributed by atoms with Crippen molar-refractivity contribution in [1.29, 1.82) is 0 Å². The van der Waals surface area contributed by atoms with Gasteiger partial charge in [0.15, 0.2) is 23.1 Å². The number of para-hydroxylation sites is 1. The van der Waals surface area contributed by atoms with Gasteiger partial charge in [0.05, 0.1) is 23.4 Å². The van der Waals surface area contributed by atoms with Crippen molar-refractivity contribution in [2.24, 2.45) is 17.8 Å². The number of amides is 2. The highest BCUT2D eigenvalue weighted by atomic mass is 79.9. The van der Waals surface area contributed by atoms with Crippen molar-refractivity contribution in [1.82, 2.24) is 5.06 Å². The van der Waals surface area contributed by atoms with Gasteiger partial charge in [-0.2, -0.15) is 5.06 Å². The summed E-state index contributed by atoms with van der Waals surface area (Å²) < 4.78 is 5.35. The minimum Gasteiger partial charge on any atom is -0.504 e. The van der Waals surface area contributed by atoms with Crippen LogP contribution in [0.15, 0.2) is 51.6 Å². The van der Waals surface area contributed by atoms with E-state index in [2.05, 4.69) is 15.9 Å². The molecule has 164 valence electrons. The van der Waals surface area contributed by atoms with Crippen LogP contribution in [0.25, 0.3) is 0 Å². The average Bonchev–Trinajstić information content (AvgIpc) is 3.00. The zero-order valence-electron chi connectivity index (χ0n) is 16.9. The minimum absolute atomic E-state index is 0.0872. The third-order valence-electron chi connectivity index (χ3n) is 6.87. The number of rotatable bonds is 2. The van der Waals surface area contributed by atoms with Crippen LogP contribution in [0.3, 0.4) is 0 Å². The number of nitrogens with zero attached hydrogens (tertiary/aromatic N) is 1. The van der Waals surface area contributed by atoms with Gasteiger partial charge in [-0.3, -0.25) is 24.4 Å². The van der Waals surface area contributed by atoms with Gasteiger partial charge in [-0.1, -0.05) is 23.8 Å². The number of Topliss-reactive ketones (excluding diaryl/α,β-unsaturated/α-hetero) is 1. The summed E-state index contributed by atoms with van der Waals surface area (Å²) in [5.41, 5.74) is 1.55. The molecular formula is C23H18BrNO7. The molecule has 1 aromatic rings. The highest BCUT2D eigenvalue weighted by Gasteiger charge is 2.56. The summed E-state index contributed by atoms with van der Waals surface area (Å²) in [5, 5.41) is 21.0. The fourth-order valence-electron chi connectivity index (χ4n) is 5.48. The third-order valence-corrected chi connectivity index (χ3v) is 7.46. The summed E-state index contributed by atoms with van der Waals surface area (Å²) >= 11 is 3.15. The number of imide groups is 1. The Hall–Kier alpha value is -3.04. The van der Waals surface area contributed by atoms with Crippen LogP contribution in [-0.4, -0.2) is 45.9 Å². The maximum atomic E-state index is 13.1. The molecule has 9 heteroatoms. The molecule has 4 unspecified atom stereocenters. The predicted molar refractivity (Wildman–Crippen MR) is 113 cm³/mol. The fourth-order valence-corrected chi connectivity index (χ4v) is 5.93. The molecule has 1 heterocycles. The largest absolute Gasteiger partial charge is 0.504 e. The van der Waals surface area contributed by atoms with E-state index >= 15 is 0 Å². The Bertz CT molecular complexity index is 1210. The number of ether oxygens (including phenoxy) is 1. The number of halogens is 1. The normalized spacial score (nSPS) is 29.4. The Balaban J connectivity index is 1.74. The van der Waals surface area contributed by atoms with Crippen molar-refractivity contribution in [3.8, 4) is 11.5 Å². The van der Waals surface area contributed by atoms with Crippen LogP contribution in [0, 0.1) is 17.8 Å².